The summed E-state index contributed by atoms with van der Waals surface area (Å²) in [6, 6.07) is 0. The molecular formula is C13H22N4O5. The number of nitrogens with one attached hydrogen (secondary N) is 1. The molecule has 0 spiro atoms. The van der Waals surface area contributed by atoms with Crippen LogP contribution in [-0.4, -0.2) is 51.5 Å². The summed E-state index contributed by atoms with van der Waals surface area (Å²) in [5, 5.41) is 19.1. The van der Waals surface area contributed by atoms with Crippen molar-refractivity contribution in [2.75, 3.05) is 13.7 Å². The third-order valence-electron chi connectivity index (χ3n) is 2.56. The number of methoxy groups -OCH3 is 1. The number of amides is 1. The highest BCUT2D eigenvalue weighted by Gasteiger charge is 2.21. The summed E-state index contributed by atoms with van der Waals surface area (Å²) >= 11 is 0. The molecule has 1 amide bonds. The van der Waals surface area contributed by atoms with Gasteiger partial charge in [-0.1, -0.05) is 5.21 Å². The average molecular weight is 314 g/mol. The lowest BCUT2D eigenvalue weighted by molar-refractivity contribution is 0.0519. The fraction of sp³-hybridized carbons (Fsp3) is 0.692. The van der Waals surface area contributed by atoms with Crippen LogP contribution in [0.3, 0.4) is 0 Å². The number of ether oxygens (including phenoxy) is 2. The molecule has 22 heavy (non-hydrogen) atoms. The molecule has 0 aliphatic heterocycles. The molecule has 1 aromatic rings. The maximum absolute atomic E-state index is 11.7. The zero-order valence-electron chi connectivity index (χ0n) is 13.3. The summed E-state index contributed by atoms with van der Waals surface area (Å²) in [6.07, 6.45) is 0.0201. The van der Waals surface area contributed by atoms with Gasteiger partial charge in [-0.3, -0.25) is 0 Å². The van der Waals surface area contributed by atoms with Crippen LogP contribution in [0.1, 0.15) is 43.4 Å². The second-order valence-electron chi connectivity index (χ2n) is 5.61. The number of aromatic carboxylic acids is 1. The van der Waals surface area contributed by atoms with Crippen molar-refractivity contribution in [2.45, 2.75) is 45.9 Å². The van der Waals surface area contributed by atoms with E-state index in [2.05, 4.69) is 15.6 Å². The van der Waals surface area contributed by atoms with Gasteiger partial charge in [0.2, 0.25) is 0 Å². The van der Waals surface area contributed by atoms with Crippen LogP contribution in [0.2, 0.25) is 0 Å². The molecule has 0 bridgehead atoms. The monoisotopic (exact) mass is 314 g/mol. The number of carboxylic acids is 1. The molecular weight excluding hydrogens is 292 g/mol. The summed E-state index contributed by atoms with van der Waals surface area (Å²) in [7, 11) is 1.58. The van der Waals surface area contributed by atoms with E-state index in [1.807, 2.05) is 0 Å². The largest absolute Gasteiger partial charge is 0.476 e. The van der Waals surface area contributed by atoms with Gasteiger partial charge in [0.05, 0.1) is 12.2 Å². The van der Waals surface area contributed by atoms with Crippen molar-refractivity contribution < 1.29 is 24.2 Å². The van der Waals surface area contributed by atoms with Crippen LogP contribution in [-0.2, 0) is 22.6 Å². The second-order valence-corrected chi connectivity index (χ2v) is 5.61. The van der Waals surface area contributed by atoms with Gasteiger partial charge in [0.15, 0.2) is 5.69 Å². The molecule has 0 unspecified atom stereocenters. The number of alkyl carbamates (subject to hydrolysis) is 1. The number of hydrogen-bond acceptors (Lipinski definition) is 6. The highest BCUT2D eigenvalue weighted by molar-refractivity contribution is 5.86. The normalized spacial score (nSPS) is 11.3. The molecule has 0 atom stereocenters. The Balaban J connectivity index is 2.75. The molecule has 9 nitrogen and oxygen atoms in total. The van der Waals surface area contributed by atoms with Gasteiger partial charge in [0.1, 0.15) is 5.60 Å². The number of carbonyl (C=O) groups is 2. The Morgan fingerprint density at radius 2 is 2.05 bits per heavy atom. The first-order chi connectivity index (χ1) is 10.2. The first-order valence-electron chi connectivity index (χ1n) is 6.86. The zero-order valence-corrected chi connectivity index (χ0v) is 13.3. The van der Waals surface area contributed by atoms with Crippen molar-refractivity contribution >= 4 is 12.1 Å². The smallest absolute Gasteiger partial charge is 0.407 e. The Morgan fingerprint density at radius 1 is 1.36 bits per heavy atom. The molecule has 0 radical (unpaired) electrons. The van der Waals surface area contributed by atoms with Crippen molar-refractivity contribution in [1.82, 2.24) is 20.3 Å². The van der Waals surface area contributed by atoms with E-state index in [0.29, 0.717) is 25.3 Å². The van der Waals surface area contributed by atoms with Gasteiger partial charge < -0.3 is 19.9 Å². The molecule has 9 heteroatoms. The van der Waals surface area contributed by atoms with Crippen molar-refractivity contribution in [3.05, 3.63) is 11.4 Å². The first kappa shape index (κ1) is 17.9. The number of carboxylic acid groups (broad SMARTS) is 1. The van der Waals surface area contributed by atoms with Gasteiger partial charge in [-0.25, -0.2) is 14.3 Å². The lowest BCUT2D eigenvalue weighted by Crippen LogP contribution is -2.33. The van der Waals surface area contributed by atoms with E-state index in [4.69, 9.17) is 14.6 Å². The Kier molecular flexibility index (Phi) is 6.29. The Labute approximate surface area is 128 Å². The van der Waals surface area contributed by atoms with E-state index >= 15 is 0 Å². The maximum Gasteiger partial charge on any atom is 0.407 e. The van der Waals surface area contributed by atoms with Crippen LogP contribution in [0.25, 0.3) is 0 Å². The summed E-state index contributed by atoms with van der Waals surface area (Å²) in [5.41, 5.74) is -0.501. The van der Waals surface area contributed by atoms with Crippen LogP contribution < -0.4 is 5.32 Å². The van der Waals surface area contributed by atoms with Crippen molar-refractivity contribution in [3.63, 3.8) is 0 Å². The molecule has 0 saturated heterocycles. The molecule has 0 aliphatic carbocycles. The van der Waals surface area contributed by atoms with Gasteiger partial charge in [-0.2, -0.15) is 0 Å². The predicted molar refractivity (Wildman–Crippen MR) is 76.5 cm³/mol. The number of nitrogens with zero attached hydrogens (tertiary/aromatic N) is 3. The molecule has 0 aromatic carbocycles. The lowest BCUT2D eigenvalue weighted by atomic mass is 10.2. The minimum absolute atomic E-state index is 0.0312. The van der Waals surface area contributed by atoms with Gasteiger partial charge in [-0.15, -0.1) is 5.10 Å². The van der Waals surface area contributed by atoms with E-state index in [0.717, 1.165) is 0 Å². The molecule has 0 aliphatic rings. The quantitative estimate of drug-likeness (QED) is 0.722. The van der Waals surface area contributed by atoms with E-state index < -0.39 is 17.7 Å². The molecule has 1 aromatic heterocycles. The summed E-state index contributed by atoms with van der Waals surface area (Å²) in [6.45, 7) is 6.15. The fourth-order valence-electron chi connectivity index (χ4n) is 1.68. The lowest BCUT2D eigenvalue weighted by Gasteiger charge is -2.19. The number of rotatable bonds is 7. The van der Waals surface area contributed by atoms with Crippen molar-refractivity contribution in [2.24, 2.45) is 0 Å². The molecule has 2 N–H and O–H groups in total. The highest BCUT2D eigenvalue weighted by Crippen LogP contribution is 2.09. The number of aryl methyl sites for hydroxylation is 1. The van der Waals surface area contributed by atoms with E-state index in [1.165, 1.54) is 4.68 Å². The van der Waals surface area contributed by atoms with Crippen LogP contribution in [0.4, 0.5) is 4.79 Å². The minimum Gasteiger partial charge on any atom is -0.476 e. The standard InChI is InChI=1S/C13H22N4O5/c1-13(2,3)22-12(20)14-8-9-10(11(18)19)15-16-17(9)6-5-7-21-4/h5-8H2,1-4H3,(H,14,20)(H,18,19). The Morgan fingerprint density at radius 3 is 2.59 bits per heavy atom. The molecule has 1 heterocycles. The predicted octanol–water partition coefficient (Wildman–Crippen LogP) is 1.04. The zero-order chi connectivity index (χ0) is 16.8. The fourth-order valence-corrected chi connectivity index (χ4v) is 1.68. The summed E-state index contributed by atoms with van der Waals surface area (Å²) < 4.78 is 11.5. The van der Waals surface area contributed by atoms with Crippen molar-refractivity contribution in [3.8, 4) is 0 Å². The molecule has 1 rings (SSSR count). The summed E-state index contributed by atoms with van der Waals surface area (Å²) in [5.74, 6) is -1.20. The number of aromatic nitrogens is 3. The van der Waals surface area contributed by atoms with Crippen LogP contribution in [0, 0.1) is 0 Å². The van der Waals surface area contributed by atoms with Gasteiger partial charge in [0.25, 0.3) is 0 Å². The average Bonchev–Trinajstić information content (AvgIpc) is 2.78. The van der Waals surface area contributed by atoms with Crippen LogP contribution >= 0.6 is 0 Å². The maximum atomic E-state index is 11.7. The Hall–Kier alpha value is -2.16. The van der Waals surface area contributed by atoms with Gasteiger partial charge >= 0.3 is 12.1 Å². The van der Waals surface area contributed by atoms with Crippen molar-refractivity contribution in [1.29, 1.82) is 0 Å². The SMILES string of the molecule is COCCCn1nnc(C(=O)O)c1CNC(=O)OC(C)(C)C. The molecule has 124 valence electrons. The van der Waals surface area contributed by atoms with Gasteiger partial charge in [0, 0.05) is 20.3 Å². The van der Waals surface area contributed by atoms with Gasteiger partial charge in [-0.05, 0) is 27.2 Å². The summed E-state index contributed by atoms with van der Waals surface area (Å²) in [4.78, 5) is 22.8. The van der Waals surface area contributed by atoms with E-state index in [9.17, 15) is 9.59 Å². The van der Waals surface area contributed by atoms with Crippen LogP contribution in [0.5, 0.6) is 0 Å². The molecule has 0 saturated carbocycles. The third kappa shape index (κ3) is 5.68. The Bertz CT molecular complexity index is 521. The molecule has 0 fully saturated rings. The number of hydrogen-bond donors (Lipinski definition) is 2. The highest BCUT2D eigenvalue weighted by atomic mass is 16.6. The van der Waals surface area contributed by atoms with E-state index in [-0.39, 0.29) is 12.2 Å². The minimum atomic E-state index is -1.20. The second kappa shape index (κ2) is 7.74. The first-order valence-corrected chi connectivity index (χ1v) is 6.86. The van der Waals surface area contributed by atoms with E-state index in [1.54, 1.807) is 27.9 Å². The van der Waals surface area contributed by atoms with Crippen LogP contribution in [0.15, 0.2) is 0 Å². The third-order valence-corrected chi connectivity index (χ3v) is 2.56. The number of carbonyl (C=O) groups excluding carboxylic acids is 1. The topological polar surface area (TPSA) is 116 Å².